The first kappa shape index (κ1) is 22.2. The predicted octanol–water partition coefficient (Wildman–Crippen LogP) is 4.77. The van der Waals surface area contributed by atoms with E-state index in [2.05, 4.69) is 16.2 Å². The molecule has 0 saturated heterocycles. The lowest BCUT2D eigenvalue weighted by Gasteiger charge is -2.15. The van der Waals surface area contributed by atoms with Crippen LogP contribution in [0.1, 0.15) is 60.0 Å². The van der Waals surface area contributed by atoms with Gasteiger partial charge in [-0.3, -0.25) is 4.79 Å². The molecule has 9 heteroatoms. The highest BCUT2D eigenvalue weighted by atomic mass is 32.1. The van der Waals surface area contributed by atoms with Gasteiger partial charge in [-0.1, -0.05) is 0 Å². The van der Waals surface area contributed by atoms with Crippen LogP contribution in [-0.2, 0) is 32.4 Å². The second-order valence-corrected chi connectivity index (χ2v) is 10.5. The summed E-state index contributed by atoms with van der Waals surface area (Å²) in [5.74, 6) is -1.68. The molecule has 33 heavy (non-hydrogen) atoms. The average Bonchev–Trinajstić information content (AvgIpc) is 3.36. The molecular weight excluding hydrogens is 461 g/mol. The van der Waals surface area contributed by atoms with E-state index in [0.29, 0.717) is 12.1 Å². The molecule has 2 aliphatic rings. The van der Waals surface area contributed by atoms with Gasteiger partial charge in [-0.15, -0.1) is 22.7 Å². The number of carbonyl (C=O) groups excluding carboxylic acids is 1. The molecule has 0 bridgehead atoms. The molecule has 1 aromatic carbocycles. The molecular formula is C24H24FN3O3S2. The minimum atomic E-state index is -1.15. The minimum absolute atomic E-state index is 0.0661. The fourth-order valence-corrected chi connectivity index (χ4v) is 7.25. The van der Waals surface area contributed by atoms with Gasteiger partial charge in [-0.05, 0) is 73.5 Å². The first-order chi connectivity index (χ1) is 16.1. The van der Waals surface area contributed by atoms with E-state index in [9.17, 15) is 19.1 Å². The van der Waals surface area contributed by atoms with Gasteiger partial charge in [0.1, 0.15) is 10.8 Å². The summed E-state index contributed by atoms with van der Waals surface area (Å²) in [5.41, 5.74) is 11.0. The summed E-state index contributed by atoms with van der Waals surface area (Å²) in [6.07, 6.45) is 6.02. The number of fused-ring (bicyclic) bond motifs is 2. The molecule has 1 aliphatic carbocycles. The summed E-state index contributed by atoms with van der Waals surface area (Å²) >= 11 is 3.18. The standard InChI is InChI=1S/C24H24FN3O3S2/c25-19-9-13(24(30)31)5-6-16(19)22-17(15-7-8-26-11-21(15)32-22)10-27-28-23-18(12-29)14-3-1-2-4-20(14)33-23/h5-6,9,12,26-28H,1-4,7-8,10-11H2,(H,30,31). The Balaban J connectivity index is 1.43. The van der Waals surface area contributed by atoms with E-state index in [4.69, 9.17) is 0 Å². The van der Waals surface area contributed by atoms with Crippen molar-refractivity contribution in [3.05, 3.63) is 61.6 Å². The third-order valence-electron chi connectivity index (χ3n) is 6.30. The van der Waals surface area contributed by atoms with Crippen LogP contribution >= 0.6 is 22.7 Å². The van der Waals surface area contributed by atoms with Gasteiger partial charge >= 0.3 is 5.97 Å². The zero-order valence-corrected chi connectivity index (χ0v) is 19.6. The summed E-state index contributed by atoms with van der Waals surface area (Å²) in [7, 11) is 0. The van der Waals surface area contributed by atoms with E-state index in [1.165, 1.54) is 26.9 Å². The number of hydrogen-bond donors (Lipinski definition) is 4. The summed E-state index contributed by atoms with van der Waals surface area (Å²) in [6, 6.07) is 4.08. The Hall–Kier alpha value is -2.59. The molecule has 0 radical (unpaired) electrons. The third kappa shape index (κ3) is 4.21. The number of carbonyl (C=O) groups is 2. The molecule has 2 aromatic heterocycles. The quantitative estimate of drug-likeness (QED) is 0.285. The smallest absolute Gasteiger partial charge is 0.335 e. The molecule has 3 heterocycles. The number of aldehydes is 1. The number of hydrogen-bond acceptors (Lipinski definition) is 7. The van der Waals surface area contributed by atoms with Crippen LogP contribution in [0.3, 0.4) is 0 Å². The number of anilines is 1. The molecule has 0 atom stereocenters. The van der Waals surface area contributed by atoms with E-state index >= 15 is 0 Å². The van der Waals surface area contributed by atoms with Crippen LogP contribution in [0.15, 0.2) is 18.2 Å². The summed E-state index contributed by atoms with van der Waals surface area (Å²) < 4.78 is 14.9. The zero-order chi connectivity index (χ0) is 22.9. The number of carboxylic acid groups (broad SMARTS) is 1. The number of halogens is 1. The molecule has 0 unspecified atom stereocenters. The van der Waals surface area contributed by atoms with E-state index in [1.54, 1.807) is 28.7 Å². The lowest BCUT2D eigenvalue weighted by molar-refractivity contribution is 0.0696. The van der Waals surface area contributed by atoms with Crippen molar-refractivity contribution in [2.24, 2.45) is 0 Å². The largest absolute Gasteiger partial charge is 0.478 e. The van der Waals surface area contributed by atoms with Crippen molar-refractivity contribution in [2.45, 2.75) is 45.2 Å². The normalized spacial score (nSPS) is 15.1. The molecule has 0 saturated carbocycles. The van der Waals surface area contributed by atoms with E-state index in [-0.39, 0.29) is 5.56 Å². The maximum atomic E-state index is 14.9. The van der Waals surface area contributed by atoms with Gasteiger partial charge in [-0.25, -0.2) is 14.6 Å². The van der Waals surface area contributed by atoms with Crippen molar-refractivity contribution < 1.29 is 19.1 Å². The summed E-state index contributed by atoms with van der Waals surface area (Å²) in [4.78, 5) is 26.2. The fourth-order valence-electron chi connectivity index (χ4n) is 4.66. The molecule has 6 nitrogen and oxygen atoms in total. The Morgan fingerprint density at radius 1 is 1.15 bits per heavy atom. The molecule has 5 rings (SSSR count). The molecule has 1 aliphatic heterocycles. The number of aromatic carboxylic acids is 1. The Morgan fingerprint density at radius 3 is 2.79 bits per heavy atom. The Labute approximate surface area is 198 Å². The van der Waals surface area contributed by atoms with Crippen molar-refractivity contribution in [3.8, 4) is 10.4 Å². The number of rotatable bonds is 7. The number of nitrogens with one attached hydrogen (secondary N) is 3. The first-order valence-corrected chi connectivity index (χ1v) is 12.7. The van der Waals surface area contributed by atoms with Crippen LogP contribution in [0.2, 0.25) is 0 Å². The van der Waals surface area contributed by atoms with E-state index in [0.717, 1.165) is 78.6 Å². The lowest BCUT2D eigenvalue weighted by atomic mass is 9.96. The highest BCUT2D eigenvalue weighted by molar-refractivity contribution is 7.16. The second kappa shape index (κ2) is 9.34. The van der Waals surface area contributed by atoms with E-state index in [1.807, 2.05) is 0 Å². The van der Waals surface area contributed by atoms with Crippen LogP contribution < -0.4 is 16.2 Å². The molecule has 3 aromatic rings. The maximum Gasteiger partial charge on any atom is 0.335 e. The van der Waals surface area contributed by atoms with Gasteiger partial charge in [0.05, 0.1) is 11.1 Å². The van der Waals surface area contributed by atoms with Crippen LogP contribution in [0, 0.1) is 5.82 Å². The SMILES string of the molecule is O=Cc1c(NNCc2c(-c3ccc(C(=O)O)cc3F)sc3c2CCNC3)sc2c1CCCC2. The van der Waals surface area contributed by atoms with Crippen molar-refractivity contribution in [1.82, 2.24) is 10.7 Å². The van der Waals surface area contributed by atoms with Gasteiger partial charge in [-0.2, -0.15) is 0 Å². The number of aryl methyl sites for hydroxylation is 1. The van der Waals surface area contributed by atoms with Crippen molar-refractivity contribution >= 4 is 39.9 Å². The van der Waals surface area contributed by atoms with Gasteiger partial charge in [0.25, 0.3) is 0 Å². The Kier molecular flexibility index (Phi) is 6.29. The number of benzene rings is 1. The number of thiophene rings is 2. The van der Waals surface area contributed by atoms with E-state index < -0.39 is 11.8 Å². The molecule has 0 amide bonds. The molecule has 4 N–H and O–H groups in total. The second-order valence-electron chi connectivity index (χ2n) is 8.29. The third-order valence-corrected chi connectivity index (χ3v) is 8.83. The van der Waals surface area contributed by atoms with Crippen LogP contribution in [0.5, 0.6) is 0 Å². The Morgan fingerprint density at radius 2 is 2.00 bits per heavy atom. The maximum absolute atomic E-state index is 14.9. The van der Waals surface area contributed by atoms with Gasteiger partial charge in [0.2, 0.25) is 0 Å². The summed E-state index contributed by atoms with van der Waals surface area (Å²) in [6.45, 7) is 2.06. The lowest BCUT2D eigenvalue weighted by Crippen LogP contribution is -2.25. The predicted molar refractivity (Wildman–Crippen MR) is 129 cm³/mol. The highest BCUT2D eigenvalue weighted by Gasteiger charge is 2.24. The van der Waals surface area contributed by atoms with Gasteiger partial charge in [0, 0.05) is 33.3 Å². The molecule has 172 valence electrons. The minimum Gasteiger partial charge on any atom is -0.478 e. The topological polar surface area (TPSA) is 90.5 Å². The Bertz CT molecular complexity index is 1230. The van der Waals surface area contributed by atoms with Crippen molar-refractivity contribution in [1.29, 1.82) is 0 Å². The van der Waals surface area contributed by atoms with Crippen LogP contribution in [0.25, 0.3) is 10.4 Å². The van der Waals surface area contributed by atoms with Gasteiger partial charge in [0.15, 0.2) is 6.29 Å². The fraction of sp³-hybridized carbons (Fsp3) is 0.333. The van der Waals surface area contributed by atoms with Gasteiger partial charge < -0.3 is 15.8 Å². The number of carboxylic acids is 1. The highest BCUT2D eigenvalue weighted by Crippen LogP contribution is 2.40. The number of hydrazine groups is 1. The molecule has 0 fully saturated rings. The van der Waals surface area contributed by atoms with Crippen LogP contribution in [-0.4, -0.2) is 23.9 Å². The average molecular weight is 486 g/mol. The first-order valence-electron chi connectivity index (χ1n) is 11.0. The zero-order valence-electron chi connectivity index (χ0n) is 17.9. The summed E-state index contributed by atoms with van der Waals surface area (Å²) in [5, 5.41) is 13.4. The molecule has 0 spiro atoms. The monoisotopic (exact) mass is 485 g/mol. The van der Waals surface area contributed by atoms with Crippen molar-refractivity contribution in [3.63, 3.8) is 0 Å². The van der Waals surface area contributed by atoms with Crippen molar-refractivity contribution in [2.75, 3.05) is 12.0 Å². The van der Waals surface area contributed by atoms with Crippen LogP contribution in [0.4, 0.5) is 9.39 Å².